The van der Waals surface area contributed by atoms with Crippen molar-refractivity contribution in [1.29, 1.82) is 5.26 Å². The fourth-order valence-corrected chi connectivity index (χ4v) is 2.31. The van der Waals surface area contributed by atoms with Crippen molar-refractivity contribution < 1.29 is 4.79 Å². The second kappa shape index (κ2) is 5.03. The number of nitrogens with zero attached hydrogens (tertiary/aromatic N) is 2. The Morgan fingerprint density at radius 3 is 2.89 bits per heavy atom. The van der Waals surface area contributed by atoms with Gasteiger partial charge in [-0.05, 0) is 42.2 Å². The molecule has 0 saturated carbocycles. The third-order valence-electron chi connectivity index (χ3n) is 2.87. The van der Waals surface area contributed by atoms with Gasteiger partial charge in [0, 0.05) is 12.7 Å². The second-order valence-corrected chi connectivity index (χ2v) is 4.86. The topological polar surface area (TPSA) is 45.8 Å². The van der Waals surface area contributed by atoms with E-state index in [1.54, 1.807) is 24.3 Å². The van der Waals surface area contributed by atoms with Crippen LogP contribution in [0.4, 0.5) is 0 Å². The summed E-state index contributed by atoms with van der Waals surface area (Å²) in [4.78, 5) is 12.5. The summed E-state index contributed by atoms with van der Waals surface area (Å²) >= 11 is 1.42. The van der Waals surface area contributed by atoms with Crippen LogP contribution in [0.15, 0.2) is 29.7 Å². The molecule has 90 valence electrons. The Labute approximate surface area is 110 Å². The highest BCUT2D eigenvalue weighted by Gasteiger charge is 2.07. The van der Waals surface area contributed by atoms with Crippen molar-refractivity contribution in [3.8, 4) is 6.07 Å². The van der Waals surface area contributed by atoms with Gasteiger partial charge in [0.15, 0.2) is 5.78 Å². The average molecular weight is 256 g/mol. The van der Waals surface area contributed by atoms with Gasteiger partial charge in [-0.25, -0.2) is 0 Å². The second-order valence-electron chi connectivity index (χ2n) is 3.92. The standard InChI is InChI=1S/C14H12N2OS/c1-10-11(8-12(9-15)16(10)2)5-6-13(17)14-4-3-7-18-14/h3-8H,1-2H3. The zero-order valence-corrected chi connectivity index (χ0v) is 11.0. The maximum atomic E-state index is 11.8. The number of carbonyl (C=O) groups is 1. The van der Waals surface area contributed by atoms with Crippen LogP contribution in [0.1, 0.15) is 26.6 Å². The Balaban J connectivity index is 2.25. The van der Waals surface area contributed by atoms with Gasteiger partial charge in [0.05, 0.1) is 4.88 Å². The Hall–Kier alpha value is -2.12. The molecule has 0 saturated heterocycles. The molecule has 0 aliphatic rings. The molecule has 18 heavy (non-hydrogen) atoms. The summed E-state index contributed by atoms with van der Waals surface area (Å²) in [7, 11) is 1.84. The predicted octanol–water partition coefficient (Wildman–Crippen LogP) is 3.16. The third kappa shape index (κ3) is 2.27. The molecule has 0 spiro atoms. The number of aromatic nitrogens is 1. The summed E-state index contributed by atoms with van der Waals surface area (Å²) in [5.74, 6) is -0.00763. The molecule has 0 aromatic carbocycles. The van der Waals surface area contributed by atoms with Gasteiger partial charge in [-0.2, -0.15) is 5.26 Å². The van der Waals surface area contributed by atoms with Gasteiger partial charge in [-0.3, -0.25) is 4.79 Å². The first-order valence-corrected chi connectivity index (χ1v) is 6.34. The molecule has 2 rings (SSSR count). The number of thiophene rings is 1. The van der Waals surface area contributed by atoms with Crippen LogP contribution in [0.3, 0.4) is 0 Å². The molecule has 0 aliphatic heterocycles. The molecule has 2 aromatic rings. The smallest absolute Gasteiger partial charge is 0.195 e. The molecule has 0 radical (unpaired) electrons. The Bertz CT molecular complexity index is 642. The lowest BCUT2D eigenvalue weighted by Gasteiger charge is -1.97. The van der Waals surface area contributed by atoms with E-state index in [2.05, 4.69) is 6.07 Å². The zero-order chi connectivity index (χ0) is 13.1. The number of ketones is 1. The first-order valence-electron chi connectivity index (χ1n) is 5.46. The first kappa shape index (κ1) is 12.3. The summed E-state index contributed by atoms with van der Waals surface area (Å²) in [6, 6.07) is 7.56. The van der Waals surface area contributed by atoms with Gasteiger partial charge >= 0.3 is 0 Å². The number of allylic oxidation sites excluding steroid dienone is 1. The van der Waals surface area contributed by atoms with E-state index in [9.17, 15) is 4.79 Å². The number of rotatable bonds is 3. The fourth-order valence-electron chi connectivity index (χ4n) is 1.67. The molecule has 0 atom stereocenters. The van der Waals surface area contributed by atoms with Crippen LogP contribution in [0, 0.1) is 18.3 Å². The average Bonchev–Trinajstić information content (AvgIpc) is 2.98. The number of hydrogen-bond donors (Lipinski definition) is 0. The molecule has 0 fully saturated rings. The predicted molar refractivity (Wildman–Crippen MR) is 72.5 cm³/mol. The fraction of sp³-hybridized carbons (Fsp3) is 0.143. The summed E-state index contributed by atoms with van der Waals surface area (Å²) in [5.41, 5.74) is 2.47. The van der Waals surface area contributed by atoms with Gasteiger partial charge in [0.25, 0.3) is 0 Å². The monoisotopic (exact) mass is 256 g/mol. The quantitative estimate of drug-likeness (QED) is 0.625. The molecule has 2 aromatic heterocycles. The largest absolute Gasteiger partial charge is 0.339 e. The van der Waals surface area contributed by atoms with Gasteiger partial charge in [0.2, 0.25) is 0 Å². The lowest BCUT2D eigenvalue weighted by molar-refractivity contribution is 0.105. The van der Waals surface area contributed by atoms with Crippen molar-refractivity contribution in [2.24, 2.45) is 7.05 Å². The molecular weight excluding hydrogens is 244 g/mol. The first-order chi connectivity index (χ1) is 8.63. The third-order valence-corrected chi connectivity index (χ3v) is 3.75. The lowest BCUT2D eigenvalue weighted by Crippen LogP contribution is -1.94. The van der Waals surface area contributed by atoms with Gasteiger partial charge in [-0.15, -0.1) is 11.3 Å². The van der Waals surface area contributed by atoms with E-state index >= 15 is 0 Å². The van der Waals surface area contributed by atoms with Crippen LogP contribution < -0.4 is 0 Å². The lowest BCUT2D eigenvalue weighted by atomic mass is 10.2. The molecule has 0 N–H and O–H groups in total. The summed E-state index contributed by atoms with van der Waals surface area (Å²) in [5, 5.41) is 10.8. The molecular formula is C14H12N2OS. The highest BCUT2D eigenvalue weighted by molar-refractivity contribution is 7.12. The normalized spacial score (nSPS) is 10.7. The van der Waals surface area contributed by atoms with Crippen LogP contribution in [-0.2, 0) is 7.05 Å². The molecule has 0 amide bonds. The molecule has 3 nitrogen and oxygen atoms in total. The van der Waals surface area contributed by atoms with Crippen molar-refractivity contribution in [3.05, 3.63) is 51.5 Å². The molecule has 4 heteroatoms. The summed E-state index contributed by atoms with van der Waals surface area (Å²) in [6.45, 7) is 1.93. The maximum absolute atomic E-state index is 11.8. The van der Waals surface area contributed by atoms with E-state index in [0.717, 1.165) is 16.1 Å². The maximum Gasteiger partial charge on any atom is 0.195 e. The minimum absolute atomic E-state index is 0.00763. The van der Waals surface area contributed by atoms with Crippen LogP contribution in [0.25, 0.3) is 6.08 Å². The summed E-state index contributed by atoms with van der Waals surface area (Å²) < 4.78 is 1.81. The van der Waals surface area contributed by atoms with Crippen LogP contribution in [-0.4, -0.2) is 10.4 Å². The van der Waals surface area contributed by atoms with Crippen molar-refractivity contribution in [1.82, 2.24) is 4.57 Å². The number of nitriles is 1. The Kier molecular flexibility index (Phi) is 3.45. The SMILES string of the molecule is Cc1c(C=CC(=O)c2cccs2)cc(C#N)n1C. The van der Waals surface area contributed by atoms with Crippen molar-refractivity contribution in [2.45, 2.75) is 6.92 Å². The zero-order valence-electron chi connectivity index (χ0n) is 10.2. The van der Waals surface area contributed by atoms with Crippen molar-refractivity contribution >= 4 is 23.2 Å². The van der Waals surface area contributed by atoms with Crippen LogP contribution >= 0.6 is 11.3 Å². The van der Waals surface area contributed by atoms with E-state index < -0.39 is 0 Å². The minimum atomic E-state index is -0.00763. The van der Waals surface area contributed by atoms with E-state index in [-0.39, 0.29) is 5.78 Å². The minimum Gasteiger partial charge on any atom is -0.339 e. The van der Waals surface area contributed by atoms with E-state index in [1.807, 2.05) is 30.0 Å². The van der Waals surface area contributed by atoms with Gasteiger partial charge < -0.3 is 4.57 Å². The molecule has 0 aliphatic carbocycles. The van der Waals surface area contributed by atoms with Crippen LogP contribution in [0.2, 0.25) is 0 Å². The highest BCUT2D eigenvalue weighted by Crippen LogP contribution is 2.16. The Morgan fingerprint density at radius 1 is 1.56 bits per heavy atom. The van der Waals surface area contributed by atoms with Crippen LogP contribution in [0.5, 0.6) is 0 Å². The summed E-state index contributed by atoms with van der Waals surface area (Å²) in [6.07, 6.45) is 3.31. The molecule has 2 heterocycles. The van der Waals surface area contributed by atoms with E-state index in [4.69, 9.17) is 5.26 Å². The van der Waals surface area contributed by atoms with E-state index in [0.29, 0.717) is 5.69 Å². The number of carbonyl (C=O) groups excluding carboxylic acids is 1. The number of hydrogen-bond acceptors (Lipinski definition) is 3. The van der Waals surface area contributed by atoms with Gasteiger partial charge in [-0.1, -0.05) is 6.07 Å². The highest BCUT2D eigenvalue weighted by atomic mass is 32.1. The van der Waals surface area contributed by atoms with Gasteiger partial charge in [0.1, 0.15) is 11.8 Å². The van der Waals surface area contributed by atoms with Crippen molar-refractivity contribution in [2.75, 3.05) is 0 Å². The Morgan fingerprint density at radius 2 is 2.33 bits per heavy atom. The van der Waals surface area contributed by atoms with Crippen molar-refractivity contribution in [3.63, 3.8) is 0 Å². The van der Waals surface area contributed by atoms with E-state index in [1.165, 1.54) is 11.3 Å². The molecule has 0 unspecified atom stereocenters. The molecule has 0 bridgehead atoms.